The lowest BCUT2D eigenvalue weighted by atomic mass is 10.1. The van der Waals surface area contributed by atoms with Gasteiger partial charge in [-0.2, -0.15) is 0 Å². The molecule has 1 aromatic rings. The molecule has 0 bridgehead atoms. The molecule has 1 aromatic carbocycles. The Bertz CT molecular complexity index is 517. The molecule has 0 amide bonds. The molecule has 0 aliphatic carbocycles. The van der Waals surface area contributed by atoms with Crippen LogP contribution in [-0.4, -0.2) is 50.3 Å². The molecule has 0 radical (unpaired) electrons. The van der Waals surface area contributed by atoms with Gasteiger partial charge in [0.25, 0.3) is 0 Å². The Hall–Kier alpha value is -0.860. The Morgan fingerprint density at radius 1 is 1.16 bits per heavy atom. The van der Waals surface area contributed by atoms with E-state index in [9.17, 15) is 0 Å². The van der Waals surface area contributed by atoms with E-state index in [2.05, 4.69) is 46.4 Å². The van der Waals surface area contributed by atoms with E-state index in [-0.39, 0.29) is 24.0 Å². The monoisotopic (exact) mass is 461 g/mol. The summed E-state index contributed by atoms with van der Waals surface area (Å²) in [6, 6.07) is 8.41. The van der Waals surface area contributed by atoms with Crippen LogP contribution in [0.1, 0.15) is 37.8 Å². The Labute approximate surface area is 169 Å². The highest BCUT2D eigenvalue weighted by molar-refractivity contribution is 14.0. The van der Waals surface area contributed by atoms with Gasteiger partial charge in [-0.15, -0.1) is 24.0 Å². The average molecular weight is 461 g/mol. The maximum absolute atomic E-state index is 5.73. The molecule has 1 heterocycles. The Morgan fingerprint density at radius 2 is 1.84 bits per heavy atom. The molecule has 1 aliphatic heterocycles. The highest BCUT2D eigenvalue weighted by atomic mass is 127. The van der Waals surface area contributed by atoms with Crippen LogP contribution in [0.3, 0.4) is 0 Å². The zero-order valence-electron chi connectivity index (χ0n) is 15.7. The molecule has 5 nitrogen and oxygen atoms in total. The average Bonchev–Trinajstić information content (AvgIpc) is 2.63. The Balaban J connectivity index is 0.00000312. The number of aliphatic imine (C=N–C) groups is 1. The summed E-state index contributed by atoms with van der Waals surface area (Å²) in [7, 11) is 1.85. The molecule has 6 heteroatoms. The topological polar surface area (TPSA) is 46.1 Å². The van der Waals surface area contributed by atoms with Gasteiger partial charge in [-0.05, 0) is 37.8 Å². The van der Waals surface area contributed by atoms with E-state index in [1.807, 2.05) is 14.0 Å². The molecular formula is C19H32IN3O2. The molecule has 25 heavy (non-hydrogen) atoms. The van der Waals surface area contributed by atoms with Gasteiger partial charge in [-0.1, -0.05) is 24.3 Å². The van der Waals surface area contributed by atoms with E-state index in [1.54, 1.807) is 0 Å². The van der Waals surface area contributed by atoms with Crippen LogP contribution in [0, 0.1) is 0 Å². The largest absolute Gasteiger partial charge is 0.378 e. The third-order valence-electron chi connectivity index (χ3n) is 4.37. The van der Waals surface area contributed by atoms with Crippen molar-refractivity contribution in [2.75, 3.05) is 33.4 Å². The standard InChI is InChI=1S/C19H31N3O2.HI/c1-4-23-15-17-9-7-6-8-16(17)14-21-19(20-3)22-12-10-18(11-13-22)24-5-2;/h6-9,18H,4-5,10-15H2,1-3H3,(H,20,21);1H. The quantitative estimate of drug-likeness (QED) is 0.384. The van der Waals surface area contributed by atoms with Crippen LogP contribution in [0.2, 0.25) is 0 Å². The maximum Gasteiger partial charge on any atom is 0.193 e. The van der Waals surface area contributed by atoms with Crippen LogP contribution >= 0.6 is 24.0 Å². The molecule has 0 unspecified atom stereocenters. The van der Waals surface area contributed by atoms with Gasteiger partial charge in [-0.25, -0.2) is 0 Å². The normalized spacial score (nSPS) is 15.8. The second-order valence-electron chi connectivity index (χ2n) is 5.95. The predicted molar refractivity (Wildman–Crippen MR) is 114 cm³/mol. The number of hydrogen-bond acceptors (Lipinski definition) is 3. The number of hydrogen-bond donors (Lipinski definition) is 1. The predicted octanol–water partition coefficient (Wildman–Crippen LogP) is 3.42. The minimum atomic E-state index is 0. The van der Waals surface area contributed by atoms with Crippen LogP contribution in [0.5, 0.6) is 0 Å². The van der Waals surface area contributed by atoms with Crippen molar-refractivity contribution >= 4 is 29.9 Å². The molecule has 0 aromatic heterocycles. The van der Waals surface area contributed by atoms with Gasteiger partial charge in [0, 0.05) is 39.9 Å². The molecule has 0 spiro atoms. The van der Waals surface area contributed by atoms with Gasteiger partial charge in [-0.3, -0.25) is 4.99 Å². The number of rotatable bonds is 7. The van der Waals surface area contributed by atoms with Crippen molar-refractivity contribution in [2.45, 2.75) is 45.9 Å². The lowest BCUT2D eigenvalue weighted by molar-refractivity contribution is 0.0263. The maximum atomic E-state index is 5.73. The van der Waals surface area contributed by atoms with Gasteiger partial charge < -0.3 is 19.7 Å². The van der Waals surface area contributed by atoms with E-state index in [0.717, 1.165) is 51.6 Å². The highest BCUT2D eigenvalue weighted by Crippen LogP contribution is 2.14. The number of halogens is 1. The van der Waals surface area contributed by atoms with Gasteiger partial charge in [0.1, 0.15) is 0 Å². The van der Waals surface area contributed by atoms with E-state index >= 15 is 0 Å². The fourth-order valence-electron chi connectivity index (χ4n) is 3.06. The van der Waals surface area contributed by atoms with Crippen molar-refractivity contribution < 1.29 is 9.47 Å². The number of ether oxygens (including phenoxy) is 2. The molecule has 0 saturated carbocycles. The molecule has 2 rings (SSSR count). The molecule has 1 fully saturated rings. The summed E-state index contributed by atoms with van der Waals surface area (Å²) < 4.78 is 11.3. The first-order chi connectivity index (χ1) is 11.8. The van der Waals surface area contributed by atoms with Crippen molar-refractivity contribution in [2.24, 2.45) is 4.99 Å². The number of nitrogens with one attached hydrogen (secondary N) is 1. The summed E-state index contributed by atoms with van der Waals surface area (Å²) in [5.41, 5.74) is 2.49. The summed E-state index contributed by atoms with van der Waals surface area (Å²) in [5.74, 6) is 0.969. The summed E-state index contributed by atoms with van der Waals surface area (Å²) in [6.45, 7) is 9.03. The fraction of sp³-hybridized carbons (Fsp3) is 0.632. The molecule has 1 saturated heterocycles. The zero-order valence-corrected chi connectivity index (χ0v) is 18.0. The second-order valence-corrected chi connectivity index (χ2v) is 5.95. The van der Waals surface area contributed by atoms with Crippen LogP contribution in [0.15, 0.2) is 29.3 Å². The summed E-state index contributed by atoms with van der Waals surface area (Å²) in [5, 5.41) is 3.50. The van der Waals surface area contributed by atoms with Gasteiger partial charge in [0.05, 0.1) is 12.7 Å². The minimum Gasteiger partial charge on any atom is -0.378 e. The minimum absolute atomic E-state index is 0. The fourth-order valence-corrected chi connectivity index (χ4v) is 3.06. The number of guanidine groups is 1. The van der Waals surface area contributed by atoms with Crippen molar-refractivity contribution in [3.63, 3.8) is 0 Å². The van der Waals surface area contributed by atoms with Crippen molar-refractivity contribution in [3.05, 3.63) is 35.4 Å². The molecule has 0 atom stereocenters. The van der Waals surface area contributed by atoms with Crippen molar-refractivity contribution in [3.8, 4) is 0 Å². The number of nitrogens with zero attached hydrogens (tertiary/aromatic N) is 2. The molecule has 1 N–H and O–H groups in total. The van der Waals surface area contributed by atoms with Crippen LogP contribution in [0.25, 0.3) is 0 Å². The first-order valence-electron chi connectivity index (χ1n) is 9.00. The van der Waals surface area contributed by atoms with Crippen LogP contribution < -0.4 is 5.32 Å². The Kier molecular flexibility index (Phi) is 11.1. The summed E-state index contributed by atoms with van der Waals surface area (Å²) in [6.07, 6.45) is 2.53. The molecule has 1 aliphatic rings. The van der Waals surface area contributed by atoms with E-state index in [0.29, 0.717) is 12.7 Å². The lowest BCUT2D eigenvalue weighted by Gasteiger charge is -2.34. The number of piperidine rings is 1. The van der Waals surface area contributed by atoms with Crippen molar-refractivity contribution in [1.29, 1.82) is 0 Å². The Morgan fingerprint density at radius 3 is 2.44 bits per heavy atom. The zero-order chi connectivity index (χ0) is 17.2. The number of benzene rings is 1. The van der Waals surface area contributed by atoms with Gasteiger partial charge >= 0.3 is 0 Å². The lowest BCUT2D eigenvalue weighted by Crippen LogP contribution is -2.46. The van der Waals surface area contributed by atoms with Crippen LogP contribution in [-0.2, 0) is 22.6 Å². The third-order valence-corrected chi connectivity index (χ3v) is 4.37. The SMILES string of the molecule is CCOCc1ccccc1CNC(=NC)N1CCC(OCC)CC1.I. The van der Waals surface area contributed by atoms with Crippen molar-refractivity contribution in [1.82, 2.24) is 10.2 Å². The van der Waals surface area contributed by atoms with Crippen LogP contribution in [0.4, 0.5) is 0 Å². The summed E-state index contributed by atoms with van der Waals surface area (Å²) >= 11 is 0. The molecular weight excluding hydrogens is 429 g/mol. The first-order valence-corrected chi connectivity index (χ1v) is 9.00. The number of likely N-dealkylation sites (tertiary alicyclic amines) is 1. The van der Waals surface area contributed by atoms with Gasteiger partial charge in [0.2, 0.25) is 0 Å². The highest BCUT2D eigenvalue weighted by Gasteiger charge is 2.21. The summed E-state index contributed by atoms with van der Waals surface area (Å²) in [4.78, 5) is 6.77. The third kappa shape index (κ3) is 7.11. The molecule has 142 valence electrons. The van der Waals surface area contributed by atoms with E-state index in [4.69, 9.17) is 9.47 Å². The smallest absolute Gasteiger partial charge is 0.193 e. The second kappa shape index (κ2) is 12.5. The van der Waals surface area contributed by atoms with E-state index < -0.39 is 0 Å². The van der Waals surface area contributed by atoms with E-state index in [1.165, 1.54) is 11.1 Å². The first kappa shape index (κ1) is 22.2. The van der Waals surface area contributed by atoms with Gasteiger partial charge in [0.15, 0.2) is 5.96 Å².